The molecule has 5 heteroatoms. The number of rotatable bonds is 9. The van der Waals surface area contributed by atoms with Crippen LogP contribution in [-0.2, 0) is 20.7 Å². The van der Waals surface area contributed by atoms with Crippen molar-refractivity contribution in [2.24, 2.45) is 11.7 Å². The Morgan fingerprint density at radius 1 is 1.15 bits per heavy atom. The van der Waals surface area contributed by atoms with Gasteiger partial charge in [0.1, 0.15) is 0 Å². The largest absolute Gasteiger partial charge is 0.466 e. The molecule has 4 nitrogen and oxygen atoms in total. The van der Waals surface area contributed by atoms with E-state index < -0.39 is 0 Å². The van der Waals surface area contributed by atoms with Crippen molar-refractivity contribution >= 4 is 17.6 Å². The predicted molar refractivity (Wildman–Crippen MR) is 105 cm³/mol. The number of esters is 1. The highest BCUT2D eigenvalue weighted by molar-refractivity contribution is 6.30. The lowest BCUT2D eigenvalue weighted by molar-refractivity contribution is -0.150. The van der Waals surface area contributed by atoms with E-state index in [-0.39, 0.29) is 17.9 Å². The molecule has 0 aliphatic rings. The first-order valence-electron chi connectivity index (χ1n) is 8.79. The summed E-state index contributed by atoms with van der Waals surface area (Å²) in [5.41, 5.74) is 9.57. The second-order valence-corrected chi connectivity index (χ2v) is 6.75. The number of halogens is 1. The normalized spacial score (nSPS) is 13.2. The van der Waals surface area contributed by atoms with Gasteiger partial charge < -0.3 is 15.2 Å². The minimum atomic E-state index is -0.333. The van der Waals surface area contributed by atoms with Crippen LogP contribution in [0.25, 0.3) is 11.1 Å². The molecule has 2 rings (SSSR count). The Balaban J connectivity index is 1.97. The number of benzene rings is 2. The van der Waals surface area contributed by atoms with E-state index in [1.807, 2.05) is 24.3 Å². The molecule has 2 unspecified atom stereocenters. The van der Waals surface area contributed by atoms with Crippen molar-refractivity contribution in [1.82, 2.24) is 0 Å². The smallest absolute Gasteiger partial charge is 0.311 e. The maximum atomic E-state index is 12.0. The third-order valence-corrected chi connectivity index (χ3v) is 4.42. The molecule has 0 aromatic heterocycles. The van der Waals surface area contributed by atoms with Gasteiger partial charge in [-0.05, 0) is 48.6 Å². The van der Waals surface area contributed by atoms with Gasteiger partial charge in [0.05, 0.1) is 19.1 Å². The average Bonchev–Trinajstić information content (AvgIpc) is 2.62. The van der Waals surface area contributed by atoms with E-state index in [0.717, 1.165) is 21.7 Å². The summed E-state index contributed by atoms with van der Waals surface area (Å²) in [6.45, 7) is 2.47. The minimum absolute atomic E-state index is 0.142. The van der Waals surface area contributed by atoms with Crippen LogP contribution in [0.4, 0.5) is 0 Å². The van der Waals surface area contributed by atoms with Crippen LogP contribution >= 0.6 is 11.6 Å². The molecule has 0 amide bonds. The van der Waals surface area contributed by atoms with E-state index in [1.165, 1.54) is 0 Å². The monoisotopic (exact) mass is 375 g/mol. The van der Waals surface area contributed by atoms with E-state index >= 15 is 0 Å². The third-order valence-electron chi connectivity index (χ3n) is 4.18. The van der Waals surface area contributed by atoms with Crippen LogP contribution in [0, 0.1) is 5.92 Å². The summed E-state index contributed by atoms with van der Waals surface area (Å²) >= 11 is 6.05. The quantitative estimate of drug-likeness (QED) is 0.670. The van der Waals surface area contributed by atoms with Crippen LogP contribution < -0.4 is 5.73 Å². The molecule has 0 saturated carbocycles. The van der Waals surface area contributed by atoms with Crippen LogP contribution in [0.3, 0.4) is 0 Å². The summed E-state index contributed by atoms with van der Waals surface area (Å²) < 4.78 is 10.2. The summed E-state index contributed by atoms with van der Waals surface area (Å²) in [7, 11) is 1.58. The number of nitrogens with two attached hydrogens (primary N) is 1. The third kappa shape index (κ3) is 6.13. The topological polar surface area (TPSA) is 61.5 Å². The van der Waals surface area contributed by atoms with Crippen LogP contribution in [-0.4, -0.2) is 32.3 Å². The van der Waals surface area contributed by atoms with E-state index in [0.29, 0.717) is 26.1 Å². The summed E-state index contributed by atoms with van der Waals surface area (Å²) in [5.74, 6) is -0.582. The van der Waals surface area contributed by atoms with Crippen molar-refractivity contribution in [3.63, 3.8) is 0 Å². The first kappa shape index (κ1) is 20.4. The van der Waals surface area contributed by atoms with Crippen LogP contribution in [0.2, 0.25) is 5.02 Å². The van der Waals surface area contributed by atoms with E-state index in [4.69, 9.17) is 26.8 Å². The highest BCUT2D eigenvalue weighted by Crippen LogP contribution is 2.23. The number of hydrogen-bond donors (Lipinski definition) is 1. The van der Waals surface area contributed by atoms with Gasteiger partial charge in [0.15, 0.2) is 0 Å². The van der Waals surface area contributed by atoms with Gasteiger partial charge in [-0.15, -0.1) is 0 Å². The SMILES string of the molecule is CCOC(=O)C(COC)CC(N)Cc1ccc(-c2cccc(Cl)c2)cc1. The molecule has 0 radical (unpaired) electrons. The first-order valence-corrected chi connectivity index (χ1v) is 9.17. The predicted octanol–water partition coefficient (Wildman–Crippen LogP) is 4.09. The second-order valence-electron chi connectivity index (χ2n) is 6.31. The van der Waals surface area contributed by atoms with Crippen LogP contribution in [0.15, 0.2) is 48.5 Å². The van der Waals surface area contributed by atoms with Crippen LogP contribution in [0.1, 0.15) is 18.9 Å². The number of carbonyl (C=O) groups excluding carboxylic acids is 1. The Labute approximate surface area is 160 Å². The fourth-order valence-electron chi connectivity index (χ4n) is 2.95. The van der Waals surface area contributed by atoms with Crippen molar-refractivity contribution in [1.29, 1.82) is 0 Å². The molecule has 140 valence electrons. The van der Waals surface area contributed by atoms with Crippen molar-refractivity contribution in [3.05, 3.63) is 59.1 Å². The standard InChI is InChI=1S/C21H26ClNO3/c1-3-26-21(24)18(14-25-2)13-20(23)11-15-7-9-16(10-8-15)17-5-4-6-19(22)12-17/h4-10,12,18,20H,3,11,13-14,23H2,1-2H3. The van der Waals surface area contributed by atoms with Crippen molar-refractivity contribution in [2.45, 2.75) is 25.8 Å². The number of methoxy groups -OCH3 is 1. The Morgan fingerprint density at radius 3 is 2.50 bits per heavy atom. The summed E-state index contributed by atoms with van der Waals surface area (Å²) in [5, 5.41) is 0.719. The molecule has 26 heavy (non-hydrogen) atoms. The highest BCUT2D eigenvalue weighted by atomic mass is 35.5. The van der Waals surface area contributed by atoms with Gasteiger partial charge >= 0.3 is 5.97 Å². The molecule has 2 N–H and O–H groups in total. The van der Waals surface area contributed by atoms with Crippen molar-refractivity contribution < 1.29 is 14.3 Å². The molecule has 2 aromatic carbocycles. The molecule has 0 aliphatic heterocycles. The molecule has 0 spiro atoms. The highest BCUT2D eigenvalue weighted by Gasteiger charge is 2.22. The molecule has 2 atom stereocenters. The van der Waals surface area contributed by atoms with E-state index in [2.05, 4.69) is 24.3 Å². The van der Waals surface area contributed by atoms with Gasteiger partial charge in [-0.1, -0.05) is 48.0 Å². The molecule has 0 bridgehead atoms. The summed E-state index contributed by atoms with van der Waals surface area (Å²) in [6, 6.07) is 15.9. The van der Waals surface area contributed by atoms with Gasteiger partial charge in [-0.3, -0.25) is 4.79 Å². The average molecular weight is 376 g/mol. The fraction of sp³-hybridized carbons (Fsp3) is 0.381. The molecule has 0 saturated heterocycles. The van der Waals surface area contributed by atoms with Crippen molar-refractivity contribution in [2.75, 3.05) is 20.3 Å². The number of carbonyl (C=O) groups is 1. The maximum Gasteiger partial charge on any atom is 0.311 e. The zero-order chi connectivity index (χ0) is 18.9. The van der Waals surface area contributed by atoms with E-state index in [1.54, 1.807) is 14.0 Å². The Morgan fingerprint density at radius 2 is 1.88 bits per heavy atom. The lowest BCUT2D eigenvalue weighted by atomic mass is 9.95. The molecule has 0 fully saturated rings. The number of hydrogen-bond acceptors (Lipinski definition) is 4. The fourth-order valence-corrected chi connectivity index (χ4v) is 3.14. The van der Waals surface area contributed by atoms with Gasteiger partial charge in [-0.2, -0.15) is 0 Å². The second kappa shape index (κ2) is 10.3. The molecular formula is C21H26ClNO3. The summed E-state index contributed by atoms with van der Waals surface area (Å²) in [4.78, 5) is 12.0. The zero-order valence-corrected chi connectivity index (χ0v) is 16.0. The molecule has 0 heterocycles. The number of ether oxygens (including phenoxy) is 2. The first-order chi connectivity index (χ1) is 12.5. The van der Waals surface area contributed by atoms with E-state index in [9.17, 15) is 4.79 Å². The lowest BCUT2D eigenvalue weighted by Crippen LogP contribution is -2.32. The maximum absolute atomic E-state index is 12.0. The lowest BCUT2D eigenvalue weighted by Gasteiger charge is -2.19. The zero-order valence-electron chi connectivity index (χ0n) is 15.3. The van der Waals surface area contributed by atoms with Crippen LogP contribution in [0.5, 0.6) is 0 Å². The summed E-state index contributed by atoms with van der Waals surface area (Å²) in [6.07, 6.45) is 1.22. The van der Waals surface area contributed by atoms with Crippen molar-refractivity contribution in [3.8, 4) is 11.1 Å². The molecule has 2 aromatic rings. The van der Waals surface area contributed by atoms with Gasteiger partial charge in [-0.25, -0.2) is 0 Å². The molecule has 0 aliphatic carbocycles. The minimum Gasteiger partial charge on any atom is -0.466 e. The Kier molecular flexibility index (Phi) is 8.10. The molecular weight excluding hydrogens is 350 g/mol. The van der Waals surface area contributed by atoms with Gasteiger partial charge in [0, 0.05) is 18.2 Å². The Hall–Kier alpha value is -1.88. The Bertz CT molecular complexity index is 703. The van der Waals surface area contributed by atoms with Gasteiger partial charge in [0.25, 0.3) is 0 Å². The van der Waals surface area contributed by atoms with Gasteiger partial charge in [0.2, 0.25) is 0 Å².